The van der Waals surface area contributed by atoms with Crippen molar-refractivity contribution < 1.29 is 24.1 Å². The number of carbonyl (C=O) groups is 1. The number of carbonyl (C=O) groups excluding carboxylic acids is 1. The molecule has 0 saturated carbocycles. The number of aliphatic hydroxyl groups excluding tert-OH is 1. The summed E-state index contributed by atoms with van der Waals surface area (Å²) >= 11 is 5.24. The van der Waals surface area contributed by atoms with Crippen molar-refractivity contribution in [2.45, 2.75) is 13.0 Å². The summed E-state index contributed by atoms with van der Waals surface area (Å²) in [5, 5.41) is 8.59. The molecule has 0 fully saturated rings. The van der Waals surface area contributed by atoms with Crippen molar-refractivity contribution in [1.29, 1.82) is 0 Å². The Hall–Kier alpha value is -1.30. The van der Waals surface area contributed by atoms with Gasteiger partial charge in [0.2, 0.25) is 0 Å². The van der Waals surface area contributed by atoms with Crippen LogP contribution in [0.4, 0.5) is 0 Å². The van der Waals surface area contributed by atoms with Crippen molar-refractivity contribution >= 4 is 16.8 Å². The smallest absolute Gasteiger partial charge is 0.259 e. The van der Waals surface area contributed by atoms with Crippen LogP contribution >= 0.6 is 11.6 Å². The third-order valence-electron chi connectivity index (χ3n) is 2.43. The Bertz CT molecular complexity index is 417. The average Bonchev–Trinajstić information content (AvgIpc) is 2.40. The van der Waals surface area contributed by atoms with E-state index in [1.807, 2.05) is 6.92 Å². The van der Waals surface area contributed by atoms with Gasteiger partial charge < -0.3 is 19.3 Å². The minimum Gasteiger partial charge on any atom is -0.490 e. The molecule has 0 aliphatic rings. The van der Waals surface area contributed by atoms with Crippen molar-refractivity contribution in [3.63, 3.8) is 0 Å². The largest absolute Gasteiger partial charge is 0.490 e. The first kappa shape index (κ1) is 15.8. The Kier molecular flexibility index (Phi) is 6.62. The van der Waals surface area contributed by atoms with E-state index < -0.39 is 11.3 Å². The lowest BCUT2D eigenvalue weighted by Crippen LogP contribution is -2.09. The number of rotatable bonds is 8. The molecule has 1 aromatic rings. The second-order valence-electron chi connectivity index (χ2n) is 3.69. The van der Waals surface area contributed by atoms with E-state index in [0.717, 1.165) is 5.56 Å². The fraction of sp³-hybridized carbons (Fsp3) is 0.462. The molecule has 1 N–H and O–H groups in total. The van der Waals surface area contributed by atoms with Gasteiger partial charge in [0.25, 0.3) is 5.24 Å². The van der Waals surface area contributed by atoms with E-state index in [9.17, 15) is 9.90 Å². The maximum Gasteiger partial charge on any atom is 0.259 e. The molecule has 6 heteroatoms. The molecule has 0 aromatic heterocycles. The molecule has 0 heterocycles. The third-order valence-corrected chi connectivity index (χ3v) is 2.54. The normalized spacial score (nSPS) is 12.0. The van der Waals surface area contributed by atoms with Gasteiger partial charge in [-0.2, -0.15) is 0 Å². The number of benzene rings is 1. The van der Waals surface area contributed by atoms with E-state index in [4.69, 9.17) is 25.8 Å². The predicted octanol–water partition coefficient (Wildman–Crippen LogP) is 1.91. The van der Waals surface area contributed by atoms with Gasteiger partial charge in [0.15, 0.2) is 18.1 Å². The first-order valence-electron chi connectivity index (χ1n) is 5.83. The quantitative estimate of drug-likeness (QED) is 0.740. The zero-order chi connectivity index (χ0) is 14.3. The fourth-order valence-electron chi connectivity index (χ4n) is 1.56. The van der Waals surface area contributed by atoms with E-state index in [2.05, 4.69) is 0 Å². The molecule has 106 valence electrons. The molecule has 19 heavy (non-hydrogen) atoms. The van der Waals surface area contributed by atoms with Gasteiger partial charge in [-0.25, -0.2) is 0 Å². The lowest BCUT2D eigenvalue weighted by atomic mass is 10.1. The summed E-state index contributed by atoms with van der Waals surface area (Å²) in [4.78, 5) is 10.8. The third kappa shape index (κ3) is 4.70. The Morgan fingerprint density at radius 2 is 2.11 bits per heavy atom. The summed E-state index contributed by atoms with van der Waals surface area (Å²) in [5.74, 6) is 0.904. The highest BCUT2D eigenvalue weighted by Crippen LogP contribution is 2.31. The van der Waals surface area contributed by atoms with Gasteiger partial charge in [0, 0.05) is 7.11 Å². The Balaban J connectivity index is 2.98. The Labute approximate surface area is 117 Å². The van der Waals surface area contributed by atoms with Crippen LogP contribution in [0.5, 0.6) is 11.5 Å². The van der Waals surface area contributed by atoms with E-state index in [1.165, 1.54) is 7.11 Å². The summed E-state index contributed by atoms with van der Waals surface area (Å²) in [6, 6.07) is 5.13. The van der Waals surface area contributed by atoms with Crippen molar-refractivity contribution in [2.24, 2.45) is 0 Å². The van der Waals surface area contributed by atoms with Crippen LogP contribution in [0.25, 0.3) is 0 Å². The molecule has 0 saturated heterocycles. The lowest BCUT2D eigenvalue weighted by molar-refractivity contribution is -0.113. The summed E-state index contributed by atoms with van der Waals surface area (Å²) < 4.78 is 15.8. The van der Waals surface area contributed by atoms with Gasteiger partial charge in [-0.3, -0.25) is 4.79 Å². The predicted molar refractivity (Wildman–Crippen MR) is 70.8 cm³/mol. The second kappa shape index (κ2) is 7.99. The van der Waals surface area contributed by atoms with E-state index in [0.29, 0.717) is 18.1 Å². The van der Waals surface area contributed by atoms with Crippen LogP contribution in [-0.4, -0.2) is 37.3 Å². The molecule has 0 aliphatic heterocycles. The highest BCUT2D eigenvalue weighted by molar-refractivity contribution is 6.63. The van der Waals surface area contributed by atoms with Crippen molar-refractivity contribution in [2.75, 3.05) is 26.9 Å². The topological polar surface area (TPSA) is 65.0 Å². The highest BCUT2D eigenvalue weighted by atomic mass is 35.5. The molecule has 1 unspecified atom stereocenters. The standard InChI is InChI=1S/C13H17ClO5/c1-3-18-10-5-4-9(12(7-15)17-2)6-11(10)19-8-13(14)16/h4-6,12,15H,3,7-8H2,1-2H3. The van der Waals surface area contributed by atoms with Crippen molar-refractivity contribution in [1.82, 2.24) is 0 Å². The monoisotopic (exact) mass is 288 g/mol. The maximum atomic E-state index is 10.8. The van der Waals surface area contributed by atoms with E-state index in [-0.39, 0.29) is 13.2 Å². The maximum absolute atomic E-state index is 10.8. The van der Waals surface area contributed by atoms with Crippen LogP contribution in [0.2, 0.25) is 0 Å². The molecule has 0 bridgehead atoms. The molecule has 5 nitrogen and oxygen atoms in total. The van der Waals surface area contributed by atoms with Gasteiger partial charge in [-0.15, -0.1) is 0 Å². The SMILES string of the molecule is CCOc1ccc(C(CO)OC)cc1OCC(=O)Cl. The minimum atomic E-state index is -0.599. The summed E-state index contributed by atoms with van der Waals surface area (Å²) in [5.41, 5.74) is 0.727. The first-order chi connectivity index (χ1) is 9.12. The summed E-state index contributed by atoms with van der Waals surface area (Å²) in [6.45, 7) is 1.91. The average molecular weight is 289 g/mol. The first-order valence-corrected chi connectivity index (χ1v) is 6.21. The molecule has 0 amide bonds. The van der Waals surface area contributed by atoms with Gasteiger partial charge in [-0.1, -0.05) is 6.07 Å². The molecule has 1 atom stereocenters. The van der Waals surface area contributed by atoms with Gasteiger partial charge in [0.1, 0.15) is 6.10 Å². The van der Waals surface area contributed by atoms with Crippen LogP contribution < -0.4 is 9.47 Å². The van der Waals surface area contributed by atoms with Crippen molar-refractivity contribution in [3.05, 3.63) is 23.8 Å². The molecular weight excluding hydrogens is 272 g/mol. The van der Waals surface area contributed by atoms with Crippen LogP contribution in [-0.2, 0) is 9.53 Å². The number of ether oxygens (including phenoxy) is 3. The Morgan fingerprint density at radius 1 is 1.37 bits per heavy atom. The number of hydrogen-bond donors (Lipinski definition) is 1. The van der Waals surface area contributed by atoms with Crippen LogP contribution in [0.1, 0.15) is 18.6 Å². The van der Waals surface area contributed by atoms with Gasteiger partial charge >= 0.3 is 0 Å². The molecule has 1 aromatic carbocycles. The summed E-state index contributed by atoms with van der Waals surface area (Å²) in [7, 11) is 1.50. The van der Waals surface area contributed by atoms with Gasteiger partial charge in [0.05, 0.1) is 13.2 Å². The second-order valence-corrected chi connectivity index (χ2v) is 4.11. The zero-order valence-corrected chi connectivity index (χ0v) is 11.6. The van der Waals surface area contributed by atoms with Crippen molar-refractivity contribution in [3.8, 4) is 11.5 Å². The fourth-order valence-corrected chi connectivity index (χ4v) is 1.62. The lowest BCUT2D eigenvalue weighted by Gasteiger charge is -2.16. The zero-order valence-electron chi connectivity index (χ0n) is 10.9. The van der Waals surface area contributed by atoms with Gasteiger partial charge in [-0.05, 0) is 36.2 Å². The number of hydrogen-bond acceptors (Lipinski definition) is 5. The van der Waals surface area contributed by atoms with Crippen LogP contribution in [0.15, 0.2) is 18.2 Å². The van der Waals surface area contributed by atoms with Crippen LogP contribution in [0, 0.1) is 0 Å². The number of aliphatic hydroxyl groups is 1. The number of halogens is 1. The molecular formula is C13H17ClO5. The van der Waals surface area contributed by atoms with Crippen LogP contribution in [0.3, 0.4) is 0 Å². The highest BCUT2D eigenvalue weighted by Gasteiger charge is 2.14. The molecule has 1 rings (SSSR count). The van der Waals surface area contributed by atoms with E-state index in [1.54, 1.807) is 18.2 Å². The molecule has 0 spiro atoms. The minimum absolute atomic E-state index is 0.154. The van der Waals surface area contributed by atoms with E-state index >= 15 is 0 Å². The molecule has 0 radical (unpaired) electrons. The molecule has 0 aliphatic carbocycles. The Morgan fingerprint density at radius 3 is 2.63 bits per heavy atom. The number of methoxy groups -OCH3 is 1. The summed E-state index contributed by atoms with van der Waals surface area (Å²) in [6.07, 6.45) is -0.454.